The van der Waals surface area contributed by atoms with Crippen LogP contribution in [0.2, 0.25) is 0 Å². The maximum Gasteiger partial charge on any atom is 0.338 e. The van der Waals surface area contributed by atoms with Crippen molar-refractivity contribution >= 4 is 29.4 Å². The highest BCUT2D eigenvalue weighted by Gasteiger charge is 2.34. The topological polar surface area (TPSA) is 110 Å². The smallest absolute Gasteiger partial charge is 0.338 e. The second kappa shape index (κ2) is 13.0. The molecule has 0 fully saturated rings. The Bertz CT molecular complexity index is 2000. The number of carbonyl (C=O) groups excluding carboxylic acids is 2. The minimum atomic E-state index is -0.784. The Balaban J connectivity index is 1.66. The number of benzene rings is 2. The summed E-state index contributed by atoms with van der Waals surface area (Å²) in [6.45, 7) is 9.91. The molecule has 2 aromatic carbocycles. The van der Waals surface area contributed by atoms with Gasteiger partial charge in [0.05, 0.1) is 54.8 Å². The second-order valence-corrected chi connectivity index (χ2v) is 11.4. The Morgan fingerprint density at radius 2 is 1.69 bits per heavy atom. The van der Waals surface area contributed by atoms with Gasteiger partial charge in [0.15, 0.2) is 16.3 Å². The molecule has 0 amide bonds. The Morgan fingerprint density at radius 3 is 2.33 bits per heavy atom. The van der Waals surface area contributed by atoms with Crippen molar-refractivity contribution in [1.82, 2.24) is 9.13 Å². The number of ether oxygens (including phenoxy) is 4. The molecule has 1 aliphatic heterocycles. The molecule has 234 valence electrons. The number of fused-ring (bicyclic) bond motifs is 1. The van der Waals surface area contributed by atoms with Crippen molar-refractivity contribution in [2.24, 2.45) is 4.99 Å². The van der Waals surface area contributed by atoms with Crippen molar-refractivity contribution in [3.05, 3.63) is 108 Å². The largest absolute Gasteiger partial charge is 0.493 e. The average Bonchev–Trinajstić information content (AvgIpc) is 3.49. The van der Waals surface area contributed by atoms with E-state index in [1.54, 1.807) is 49.8 Å². The van der Waals surface area contributed by atoms with Gasteiger partial charge < -0.3 is 23.5 Å². The van der Waals surface area contributed by atoms with Gasteiger partial charge >= 0.3 is 11.9 Å². The molecule has 1 atom stereocenters. The van der Waals surface area contributed by atoms with Crippen LogP contribution in [0.1, 0.15) is 59.7 Å². The van der Waals surface area contributed by atoms with Crippen LogP contribution in [-0.2, 0) is 14.3 Å². The lowest BCUT2D eigenvalue weighted by Crippen LogP contribution is -2.40. The van der Waals surface area contributed by atoms with Crippen molar-refractivity contribution in [1.29, 1.82) is 0 Å². The zero-order valence-electron chi connectivity index (χ0n) is 26.3. The molecule has 0 unspecified atom stereocenters. The van der Waals surface area contributed by atoms with Crippen molar-refractivity contribution in [2.75, 3.05) is 27.4 Å². The molecular formula is C34H35N3O7S. The van der Waals surface area contributed by atoms with E-state index in [9.17, 15) is 14.4 Å². The van der Waals surface area contributed by atoms with Crippen LogP contribution in [-0.4, -0.2) is 48.5 Å². The van der Waals surface area contributed by atoms with E-state index < -0.39 is 18.0 Å². The van der Waals surface area contributed by atoms with Crippen LogP contribution in [0.25, 0.3) is 11.8 Å². The molecule has 0 saturated carbocycles. The number of thiazole rings is 1. The maximum atomic E-state index is 14.2. The maximum absolute atomic E-state index is 14.2. The van der Waals surface area contributed by atoms with Gasteiger partial charge in [0.1, 0.15) is 0 Å². The van der Waals surface area contributed by atoms with Gasteiger partial charge in [-0.25, -0.2) is 14.6 Å². The van der Waals surface area contributed by atoms with Gasteiger partial charge in [0.25, 0.3) is 5.56 Å². The number of methoxy groups -OCH3 is 2. The summed E-state index contributed by atoms with van der Waals surface area (Å²) in [6, 6.07) is 13.8. The number of rotatable bonds is 9. The van der Waals surface area contributed by atoms with Crippen molar-refractivity contribution in [2.45, 2.75) is 40.7 Å². The quantitative estimate of drug-likeness (QED) is 0.253. The van der Waals surface area contributed by atoms with Gasteiger partial charge in [-0.3, -0.25) is 9.36 Å². The zero-order chi connectivity index (χ0) is 32.4. The minimum absolute atomic E-state index is 0.181. The van der Waals surface area contributed by atoms with E-state index in [0.717, 1.165) is 22.6 Å². The SMILES string of the molecule is CCOC(=O)C1=C(C)N=c2s/c(=C/c3cc(C)n(-c4ccc(C(=O)OC)cc4)c3C)c(=O)n2[C@H]1c1ccc(OC)c(OCC)c1. The summed E-state index contributed by atoms with van der Waals surface area (Å²) in [5, 5.41) is 0. The number of nitrogens with zero attached hydrogens (tertiary/aromatic N) is 3. The first-order valence-electron chi connectivity index (χ1n) is 14.5. The van der Waals surface area contributed by atoms with E-state index in [4.69, 9.17) is 18.9 Å². The molecule has 5 rings (SSSR count). The van der Waals surface area contributed by atoms with Crippen molar-refractivity contribution < 1.29 is 28.5 Å². The van der Waals surface area contributed by atoms with Gasteiger partial charge in [-0.2, -0.15) is 0 Å². The highest BCUT2D eigenvalue weighted by Crippen LogP contribution is 2.36. The Hall–Kier alpha value is -4.90. The first-order valence-corrected chi connectivity index (χ1v) is 15.3. The molecule has 2 aromatic heterocycles. The summed E-state index contributed by atoms with van der Waals surface area (Å²) < 4.78 is 25.6. The summed E-state index contributed by atoms with van der Waals surface area (Å²) >= 11 is 1.26. The first-order chi connectivity index (χ1) is 21.6. The average molecular weight is 630 g/mol. The Morgan fingerprint density at radius 1 is 0.956 bits per heavy atom. The summed E-state index contributed by atoms with van der Waals surface area (Å²) in [4.78, 5) is 44.5. The summed E-state index contributed by atoms with van der Waals surface area (Å²) in [7, 11) is 2.91. The van der Waals surface area contributed by atoms with Crippen molar-refractivity contribution in [3.63, 3.8) is 0 Å². The molecule has 0 aliphatic carbocycles. The lowest BCUT2D eigenvalue weighted by atomic mass is 9.95. The molecule has 11 heteroatoms. The zero-order valence-corrected chi connectivity index (χ0v) is 27.1. The standard InChI is InChI=1S/C34H35N3O7S/c1-8-43-27-17-23(12-15-26(27)41-6)30-29(33(40)44-9-2)20(4)35-34-37(30)31(38)28(45-34)18-24-16-19(3)36(21(24)5)25-13-10-22(11-14-25)32(39)42-7/h10-18,30H,8-9H2,1-7H3/b28-18+/t30-/m0/s1. The predicted octanol–water partition coefficient (Wildman–Crippen LogP) is 4.40. The number of carbonyl (C=O) groups is 2. The Kier molecular flexibility index (Phi) is 9.10. The number of hydrogen-bond acceptors (Lipinski definition) is 9. The molecule has 45 heavy (non-hydrogen) atoms. The fraction of sp³-hybridized carbons (Fsp3) is 0.294. The number of aryl methyl sites for hydroxylation is 1. The van der Waals surface area contributed by atoms with E-state index >= 15 is 0 Å². The van der Waals surface area contributed by atoms with Gasteiger partial charge in [-0.1, -0.05) is 17.4 Å². The third-order valence-electron chi connectivity index (χ3n) is 7.62. The highest BCUT2D eigenvalue weighted by molar-refractivity contribution is 7.07. The van der Waals surface area contributed by atoms with E-state index in [2.05, 4.69) is 9.56 Å². The fourth-order valence-corrected chi connectivity index (χ4v) is 6.61. The molecule has 0 bridgehead atoms. The number of hydrogen-bond donors (Lipinski definition) is 0. The fourth-order valence-electron chi connectivity index (χ4n) is 5.58. The molecule has 4 aromatic rings. The van der Waals surface area contributed by atoms with Gasteiger partial charge in [-0.15, -0.1) is 0 Å². The van der Waals surface area contributed by atoms with Crippen LogP contribution < -0.4 is 24.4 Å². The number of esters is 2. The molecule has 3 heterocycles. The monoisotopic (exact) mass is 629 g/mol. The first kappa shape index (κ1) is 31.5. The van der Waals surface area contributed by atoms with E-state index in [1.807, 2.05) is 51.1 Å². The summed E-state index contributed by atoms with van der Waals surface area (Å²) in [6.07, 6.45) is 1.85. The molecule has 1 aliphatic rings. The van der Waals surface area contributed by atoms with Crippen LogP contribution in [0.3, 0.4) is 0 Å². The lowest BCUT2D eigenvalue weighted by Gasteiger charge is -2.25. The molecule has 0 radical (unpaired) electrons. The van der Waals surface area contributed by atoms with E-state index in [1.165, 1.54) is 18.4 Å². The molecule has 0 N–H and O–H groups in total. The summed E-state index contributed by atoms with van der Waals surface area (Å²) in [5.41, 5.74) is 5.22. The van der Waals surface area contributed by atoms with Gasteiger partial charge in [-0.05, 0) is 94.3 Å². The highest BCUT2D eigenvalue weighted by atomic mass is 32.1. The molecule has 0 saturated heterocycles. The molecule has 0 spiro atoms. The van der Waals surface area contributed by atoms with Gasteiger partial charge in [0.2, 0.25) is 0 Å². The van der Waals surface area contributed by atoms with Gasteiger partial charge in [0, 0.05) is 17.1 Å². The van der Waals surface area contributed by atoms with E-state index in [-0.39, 0.29) is 17.7 Å². The van der Waals surface area contributed by atoms with Crippen molar-refractivity contribution in [3.8, 4) is 17.2 Å². The van der Waals surface area contributed by atoms with Crippen LogP contribution in [0, 0.1) is 13.8 Å². The number of allylic oxidation sites excluding steroid dienone is 1. The van der Waals surface area contributed by atoms with Crippen LogP contribution >= 0.6 is 11.3 Å². The minimum Gasteiger partial charge on any atom is -0.493 e. The Labute approximate surface area is 264 Å². The third kappa shape index (κ3) is 5.83. The van der Waals surface area contributed by atoms with E-state index in [0.29, 0.717) is 44.3 Å². The predicted molar refractivity (Wildman–Crippen MR) is 171 cm³/mol. The normalized spacial score (nSPS) is 14.6. The van der Waals surface area contributed by atoms with Crippen LogP contribution in [0.4, 0.5) is 0 Å². The third-order valence-corrected chi connectivity index (χ3v) is 8.61. The molecule has 10 nitrogen and oxygen atoms in total. The van der Waals surface area contributed by atoms with Crippen LogP contribution in [0.5, 0.6) is 11.5 Å². The summed E-state index contributed by atoms with van der Waals surface area (Å²) in [5.74, 6) is 0.113. The number of aromatic nitrogens is 2. The lowest BCUT2D eigenvalue weighted by molar-refractivity contribution is -0.139. The second-order valence-electron chi connectivity index (χ2n) is 10.3. The van der Waals surface area contributed by atoms with Crippen LogP contribution in [0.15, 0.2) is 69.6 Å². The molecular weight excluding hydrogens is 594 g/mol.